The summed E-state index contributed by atoms with van der Waals surface area (Å²) in [6.07, 6.45) is 2.54. The molecular weight excluding hydrogens is 314 g/mol. The van der Waals surface area contributed by atoms with Crippen molar-refractivity contribution in [2.24, 2.45) is 0 Å². The number of hydrogen-bond donors (Lipinski definition) is 0. The zero-order valence-corrected chi connectivity index (χ0v) is 14.8. The van der Waals surface area contributed by atoms with E-state index in [4.69, 9.17) is 9.97 Å². The summed E-state index contributed by atoms with van der Waals surface area (Å²) in [5, 5.41) is 1.10. The van der Waals surface area contributed by atoms with Crippen LogP contribution in [0, 0.1) is 0 Å². The third-order valence-electron chi connectivity index (χ3n) is 5.22. The number of aromatic nitrogens is 2. The molecule has 1 aromatic carbocycles. The van der Waals surface area contributed by atoms with Crippen molar-refractivity contribution in [3.05, 3.63) is 30.1 Å². The number of amides is 1. The van der Waals surface area contributed by atoms with Gasteiger partial charge < -0.3 is 9.80 Å². The lowest BCUT2D eigenvalue weighted by Crippen LogP contribution is -2.48. The molecule has 2 aromatic rings. The van der Waals surface area contributed by atoms with Gasteiger partial charge in [-0.3, -0.25) is 9.69 Å². The van der Waals surface area contributed by atoms with Gasteiger partial charge >= 0.3 is 0 Å². The van der Waals surface area contributed by atoms with Gasteiger partial charge in [-0.15, -0.1) is 0 Å². The van der Waals surface area contributed by atoms with E-state index in [1.165, 1.54) is 12.8 Å². The van der Waals surface area contributed by atoms with Crippen LogP contribution >= 0.6 is 0 Å². The quantitative estimate of drug-likeness (QED) is 0.855. The molecule has 2 saturated heterocycles. The second kappa shape index (κ2) is 6.96. The average molecular weight is 339 g/mol. The van der Waals surface area contributed by atoms with Crippen LogP contribution in [0.1, 0.15) is 25.6 Å². The largest absolute Gasteiger partial charge is 0.352 e. The highest BCUT2D eigenvalue weighted by Gasteiger charge is 2.22. The first-order chi connectivity index (χ1) is 12.2. The molecule has 0 spiro atoms. The van der Waals surface area contributed by atoms with Crippen LogP contribution < -0.4 is 4.90 Å². The fraction of sp³-hybridized carbons (Fsp3) is 0.526. The molecule has 4 rings (SSSR count). The Bertz CT molecular complexity index is 763. The molecule has 0 atom stereocenters. The minimum Gasteiger partial charge on any atom is -0.352 e. The van der Waals surface area contributed by atoms with Crippen LogP contribution in [0.5, 0.6) is 0 Å². The highest BCUT2D eigenvalue weighted by Crippen LogP contribution is 2.25. The number of likely N-dealkylation sites (tertiary alicyclic amines) is 1. The predicted octanol–water partition coefficient (Wildman–Crippen LogP) is 1.89. The molecule has 6 heteroatoms. The SMILES string of the molecule is CC(=O)N1CCN(c2nc(CN3CCCC3)nc3ccccc23)CC1. The maximum atomic E-state index is 11.6. The van der Waals surface area contributed by atoms with Crippen molar-refractivity contribution in [1.82, 2.24) is 19.8 Å². The summed E-state index contributed by atoms with van der Waals surface area (Å²) in [7, 11) is 0. The van der Waals surface area contributed by atoms with Gasteiger partial charge in [0.15, 0.2) is 0 Å². The van der Waals surface area contributed by atoms with Crippen LogP contribution in [0.25, 0.3) is 10.9 Å². The Kier molecular flexibility index (Phi) is 4.53. The van der Waals surface area contributed by atoms with Gasteiger partial charge in [-0.25, -0.2) is 9.97 Å². The minimum atomic E-state index is 0.155. The Morgan fingerprint density at radius 1 is 1.00 bits per heavy atom. The number of carbonyl (C=O) groups is 1. The van der Waals surface area contributed by atoms with Crippen LogP contribution in [-0.4, -0.2) is 64.9 Å². The molecular formula is C19H25N5O. The van der Waals surface area contributed by atoms with Gasteiger partial charge in [0.1, 0.15) is 11.6 Å². The van der Waals surface area contributed by atoms with Crippen molar-refractivity contribution >= 4 is 22.6 Å². The zero-order valence-electron chi connectivity index (χ0n) is 14.8. The number of para-hydroxylation sites is 1. The molecule has 0 bridgehead atoms. The van der Waals surface area contributed by atoms with Crippen LogP contribution in [0.4, 0.5) is 5.82 Å². The summed E-state index contributed by atoms with van der Waals surface area (Å²) in [5.74, 6) is 2.08. The molecule has 0 radical (unpaired) electrons. The van der Waals surface area contributed by atoms with Gasteiger partial charge in [-0.05, 0) is 38.1 Å². The van der Waals surface area contributed by atoms with Gasteiger partial charge in [0.2, 0.25) is 5.91 Å². The van der Waals surface area contributed by atoms with Crippen molar-refractivity contribution in [1.29, 1.82) is 0 Å². The Balaban J connectivity index is 1.63. The number of benzene rings is 1. The number of anilines is 1. The van der Waals surface area contributed by atoms with Crippen molar-refractivity contribution in [2.75, 3.05) is 44.2 Å². The van der Waals surface area contributed by atoms with E-state index in [0.717, 1.165) is 68.4 Å². The first-order valence-corrected chi connectivity index (χ1v) is 9.19. The summed E-state index contributed by atoms with van der Waals surface area (Å²) in [4.78, 5) is 27.9. The minimum absolute atomic E-state index is 0.155. The maximum Gasteiger partial charge on any atom is 0.219 e. The predicted molar refractivity (Wildman–Crippen MR) is 98.5 cm³/mol. The van der Waals surface area contributed by atoms with E-state index in [1.54, 1.807) is 6.92 Å². The first kappa shape index (κ1) is 16.3. The van der Waals surface area contributed by atoms with Gasteiger partial charge in [0.25, 0.3) is 0 Å². The third-order valence-corrected chi connectivity index (χ3v) is 5.22. The van der Waals surface area contributed by atoms with E-state index >= 15 is 0 Å². The van der Waals surface area contributed by atoms with Crippen molar-refractivity contribution in [3.8, 4) is 0 Å². The van der Waals surface area contributed by atoms with E-state index in [1.807, 2.05) is 17.0 Å². The molecule has 0 saturated carbocycles. The van der Waals surface area contributed by atoms with Gasteiger partial charge in [-0.1, -0.05) is 12.1 Å². The molecule has 1 amide bonds. The summed E-state index contributed by atoms with van der Waals surface area (Å²) in [5.41, 5.74) is 1.01. The molecule has 0 aliphatic carbocycles. The molecule has 2 aliphatic rings. The molecule has 2 aliphatic heterocycles. The van der Waals surface area contributed by atoms with E-state index in [9.17, 15) is 4.79 Å². The summed E-state index contributed by atoms with van der Waals surface area (Å²) < 4.78 is 0. The van der Waals surface area contributed by atoms with Crippen LogP contribution in [0.2, 0.25) is 0 Å². The van der Waals surface area contributed by atoms with E-state index in [2.05, 4.69) is 21.9 Å². The fourth-order valence-electron chi connectivity index (χ4n) is 3.79. The first-order valence-electron chi connectivity index (χ1n) is 9.19. The second-order valence-electron chi connectivity index (χ2n) is 6.96. The van der Waals surface area contributed by atoms with E-state index in [-0.39, 0.29) is 5.91 Å². The number of hydrogen-bond acceptors (Lipinski definition) is 5. The maximum absolute atomic E-state index is 11.6. The highest BCUT2D eigenvalue weighted by atomic mass is 16.2. The monoisotopic (exact) mass is 339 g/mol. The van der Waals surface area contributed by atoms with Gasteiger partial charge in [-0.2, -0.15) is 0 Å². The zero-order chi connectivity index (χ0) is 17.2. The average Bonchev–Trinajstić information content (AvgIpc) is 3.14. The second-order valence-corrected chi connectivity index (χ2v) is 6.96. The van der Waals surface area contributed by atoms with Gasteiger partial charge in [0, 0.05) is 38.5 Å². The Hall–Kier alpha value is -2.21. The van der Waals surface area contributed by atoms with Crippen molar-refractivity contribution < 1.29 is 4.79 Å². The van der Waals surface area contributed by atoms with Crippen molar-refractivity contribution in [2.45, 2.75) is 26.3 Å². The number of carbonyl (C=O) groups excluding carboxylic acids is 1. The summed E-state index contributed by atoms with van der Waals surface area (Å²) >= 11 is 0. The van der Waals surface area contributed by atoms with Crippen LogP contribution in [0.15, 0.2) is 24.3 Å². The number of fused-ring (bicyclic) bond motifs is 1. The summed E-state index contributed by atoms with van der Waals surface area (Å²) in [6, 6.07) is 8.25. The molecule has 0 N–H and O–H groups in total. The lowest BCUT2D eigenvalue weighted by molar-refractivity contribution is -0.129. The van der Waals surface area contributed by atoms with E-state index < -0.39 is 0 Å². The lowest BCUT2D eigenvalue weighted by atomic mass is 10.2. The van der Waals surface area contributed by atoms with Crippen LogP contribution in [-0.2, 0) is 11.3 Å². The number of rotatable bonds is 3. The Morgan fingerprint density at radius 2 is 1.72 bits per heavy atom. The number of nitrogens with zero attached hydrogens (tertiary/aromatic N) is 5. The Morgan fingerprint density at radius 3 is 2.44 bits per heavy atom. The summed E-state index contributed by atoms with van der Waals surface area (Å²) in [6.45, 7) is 7.92. The molecule has 3 heterocycles. The van der Waals surface area contributed by atoms with Crippen LogP contribution in [0.3, 0.4) is 0 Å². The van der Waals surface area contributed by atoms with E-state index in [0.29, 0.717) is 0 Å². The normalized spacial score (nSPS) is 18.9. The molecule has 0 unspecified atom stereocenters. The topological polar surface area (TPSA) is 52.6 Å². The third kappa shape index (κ3) is 3.44. The molecule has 1 aromatic heterocycles. The van der Waals surface area contributed by atoms with Gasteiger partial charge in [0.05, 0.1) is 12.1 Å². The molecule has 132 valence electrons. The number of piperazine rings is 1. The smallest absolute Gasteiger partial charge is 0.219 e. The standard InChI is InChI=1S/C19H25N5O/c1-15(25)23-10-12-24(13-11-23)19-16-6-2-3-7-17(16)20-18(21-19)14-22-8-4-5-9-22/h2-3,6-7H,4-5,8-14H2,1H3. The lowest BCUT2D eigenvalue weighted by Gasteiger charge is -2.35. The van der Waals surface area contributed by atoms with Crippen molar-refractivity contribution in [3.63, 3.8) is 0 Å². The Labute approximate surface area is 148 Å². The highest BCUT2D eigenvalue weighted by molar-refractivity contribution is 5.89. The fourth-order valence-corrected chi connectivity index (χ4v) is 3.79. The molecule has 2 fully saturated rings. The molecule has 6 nitrogen and oxygen atoms in total. The molecule has 25 heavy (non-hydrogen) atoms.